The van der Waals surface area contributed by atoms with Crippen molar-refractivity contribution >= 4 is 12.5 Å². The van der Waals surface area contributed by atoms with E-state index in [4.69, 9.17) is 31.8 Å². The van der Waals surface area contributed by atoms with Crippen LogP contribution in [-0.4, -0.2) is 62.9 Å². The molecule has 0 radical (unpaired) electrons. The molecule has 38 heavy (non-hydrogen) atoms. The van der Waals surface area contributed by atoms with E-state index in [1.54, 1.807) is 24.2 Å². The van der Waals surface area contributed by atoms with Crippen LogP contribution in [0.4, 0.5) is 9.18 Å². The van der Waals surface area contributed by atoms with Gasteiger partial charge in [-0.25, -0.2) is 9.18 Å². The highest BCUT2D eigenvalue weighted by atomic mass is 19.1. The molecule has 1 fully saturated rings. The largest absolute Gasteiger partial charge is 0.483 e. The number of carboxylic acid groups (broad SMARTS) is 1. The number of rotatable bonds is 12. The summed E-state index contributed by atoms with van der Waals surface area (Å²) in [5, 5.41) is 12.6. The molecule has 0 bridgehead atoms. The standard InChI is InChI=1S/C26H41FN6O2.CH2O2/c1-6-18(2)23(24(30)13-22(15-29)21(7-10-28)8-11-31-4)14-25(19(3)27)32-26(34)33-12-9-20(16-33)17-35-5;2-1-3/h7-8,10,13-15,20,31H,3,6,9,11-12,16-17,28-30H2,1-2,4-5H3,(H,32,34);1H,(H,2,3)/b10-7-,21-8+,22-15+,23-18+,24-13-,25-14+;. The molecule has 1 unspecified atom stereocenters. The van der Waals surface area contributed by atoms with Gasteiger partial charge in [0, 0.05) is 44.6 Å². The van der Waals surface area contributed by atoms with Gasteiger partial charge in [-0.2, -0.15) is 0 Å². The van der Waals surface area contributed by atoms with Crippen molar-refractivity contribution in [2.24, 2.45) is 23.1 Å². The lowest BCUT2D eigenvalue weighted by atomic mass is 9.98. The molecule has 9 N–H and O–H groups in total. The maximum atomic E-state index is 14.4. The Hall–Kier alpha value is -3.83. The molecule has 11 heteroatoms. The SMILES string of the molecule is C=C(F)\C(=C/C(C(/N)=C/C(=C\N)C(/C=C\N)=C/CNC)=C(/C)CC)NC(=O)N1CCC(COC)C1.O=CO. The van der Waals surface area contributed by atoms with Gasteiger partial charge in [0.15, 0.2) is 0 Å². The predicted octanol–water partition coefficient (Wildman–Crippen LogP) is 2.76. The van der Waals surface area contributed by atoms with Crippen LogP contribution in [-0.2, 0) is 9.53 Å². The van der Waals surface area contributed by atoms with Crippen LogP contribution in [0.1, 0.15) is 26.7 Å². The zero-order chi connectivity index (χ0) is 29.1. The maximum absolute atomic E-state index is 14.4. The summed E-state index contributed by atoms with van der Waals surface area (Å²) < 4.78 is 19.6. The highest BCUT2D eigenvalue weighted by molar-refractivity contribution is 5.77. The van der Waals surface area contributed by atoms with Crippen molar-refractivity contribution in [1.82, 2.24) is 15.5 Å². The summed E-state index contributed by atoms with van der Waals surface area (Å²) in [6, 6.07) is -0.391. The quantitative estimate of drug-likeness (QED) is 0.164. The summed E-state index contributed by atoms with van der Waals surface area (Å²) in [5.74, 6) is -0.507. The van der Waals surface area contributed by atoms with E-state index in [-0.39, 0.29) is 18.1 Å². The van der Waals surface area contributed by atoms with Crippen molar-refractivity contribution in [3.05, 3.63) is 82.8 Å². The molecular formula is C27H43FN6O4. The van der Waals surface area contributed by atoms with Gasteiger partial charge in [-0.1, -0.05) is 25.2 Å². The van der Waals surface area contributed by atoms with Crippen LogP contribution in [0.5, 0.6) is 0 Å². The van der Waals surface area contributed by atoms with Crippen molar-refractivity contribution in [3.8, 4) is 0 Å². The predicted molar refractivity (Wildman–Crippen MR) is 150 cm³/mol. The van der Waals surface area contributed by atoms with Gasteiger partial charge in [-0.15, -0.1) is 0 Å². The molecule has 0 aromatic heterocycles. The topological polar surface area (TPSA) is 169 Å². The van der Waals surface area contributed by atoms with Crippen molar-refractivity contribution in [2.75, 3.05) is 40.4 Å². The molecule has 0 spiro atoms. The Kier molecular flexibility index (Phi) is 17.4. The smallest absolute Gasteiger partial charge is 0.321 e. The highest BCUT2D eigenvalue weighted by Gasteiger charge is 2.27. The lowest BCUT2D eigenvalue weighted by molar-refractivity contribution is -0.122. The third-order valence-corrected chi connectivity index (χ3v) is 5.72. The third kappa shape index (κ3) is 11.9. The number of ether oxygens (including phenoxy) is 1. The Morgan fingerprint density at radius 1 is 1.29 bits per heavy atom. The molecule has 1 aliphatic heterocycles. The number of hydrogen-bond acceptors (Lipinski definition) is 7. The summed E-state index contributed by atoms with van der Waals surface area (Å²) >= 11 is 0. The van der Waals surface area contributed by atoms with Gasteiger partial charge in [0.05, 0.1) is 12.3 Å². The number of urea groups is 1. The Morgan fingerprint density at radius 2 is 1.95 bits per heavy atom. The average molecular weight is 535 g/mol. The first-order valence-corrected chi connectivity index (χ1v) is 12.2. The Balaban J connectivity index is 0.00000434. The van der Waals surface area contributed by atoms with Crippen LogP contribution < -0.4 is 27.8 Å². The minimum Gasteiger partial charge on any atom is -0.483 e. The van der Waals surface area contributed by atoms with E-state index >= 15 is 0 Å². The van der Waals surface area contributed by atoms with Gasteiger partial charge in [0.2, 0.25) is 0 Å². The van der Waals surface area contributed by atoms with E-state index in [1.165, 1.54) is 18.5 Å². The fourth-order valence-electron chi connectivity index (χ4n) is 3.62. The minimum absolute atomic E-state index is 0.0459. The third-order valence-electron chi connectivity index (χ3n) is 5.72. The van der Waals surface area contributed by atoms with E-state index in [0.29, 0.717) is 49.5 Å². The molecule has 0 saturated carbocycles. The van der Waals surface area contributed by atoms with Gasteiger partial charge in [0.25, 0.3) is 6.47 Å². The zero-order valence-electron chi connectivity index (χ0n) is 22.8. The Bertz CT molecular complexity index is 982. The van der Waals surface area contributed by atoms with Crippen molar-refractivity contribution in [2.45, 2.75) is 26.7 Å². The van der Waals surface area contributed by atoms with E-state index in [9.17, 15) is 9.18 Å². The molecule has 1 saturated heterocycles. The first-order valence-electron chi connectivity index (χ1n) is 12.2. The molecule has 1 aliphatic rings. The van der Waals surface area contributed by atoms with Crippen LogP contribution >= 0.6 is 0 Å². The van der Waals surface area contributed by atoms with E-state index in [2.05, 4.69) is 17.2 Å². The number of nitrogens with two attached hydrogens (primary N) is 3. The van der Waals surface area contributed by atoms with Gasteiger partial charge >= 0.3 is 6.03 Å². The monoisotopic (exact) mass is 534 g/mol. The number of likely N-dealkylation sites (N-methyl/N-ethyl adjacent to an activating group) is 1. The number of hydrogen-bond donors (Lipinski definition) is 6. The Labute approximate surface area is 225 Å². The van der Waals surface area contributed by atoms with Crippen LogP contribution in [0, 0.1) is 5.92 Å². The van der Waals surface area contributed by atoms with E-state index in [0.717, 1.165) is 17.6 Å². The first-order chi connectivity index (χ1) is 18.1. The molecule has 0 aromatic carbocycles. The number of nitrogens with zero attached hydrogens (tertiary/aromatic N) is 1. The maximum Gasteiger partial charge on any atom is 0.321 e. The van der Waals surface area contributed by atoms with Crippen LogP contribution in [0.2, 0.25) is 0 Å². The van der Waals surface area contributed by atoms with Gasteiger partial charge in [-0.05, 0) is 68.0 Å². The second-order valence-electron chi connectivity index (χ2n) is 8.40. The first kappa shape index (κ1) is 34.2. The molecule has 2 amide bonds. The van der Waals surface area contributed by atoms with Gasteiger partial charge < -0.3 is 42.6 Å². The van der Waals surface area contributed by atoms with E-state index < -0.39 is 11.9 Å². The summed E-state index contributed by atoms with van der Waals surface area (Å²) in [4.78, 5) is 22.8. The molecular weight excluding hydrogens is 491 g/mol. The van der Waals surface area contributed by atoms with Crippen LogP contribution in [0.25, 0.3) is 0 Å². The number of amides is 2. The zero-order valence-corrected chi connectivity index (χ0v) is 22.8. The molecule has 1 rings (SSSR count). The Morgan fingerprint density at radius 3 is 2.45 bits per heavy atom. The lowest BCUT2D eigenvalue weighted by Crippen LogP contribution is -2.38. The van der Waals surface area contributed by atoms with Gasteiger partial charge in [-0.3, -0.25) is 4.79 Å². The summed E-state index contributed by atoms with van der Waals surface area (Å²) in [6.07, 6.45) is 11.2. The molecule has 0 aliphatic carbocycles. The second-order valence-corrected chi connectivity index (χ2v) is 8.40. The minimum atomic E-state index is -0.768. The van der Waals surface area contributed by atoms with E-state index in [1.807, 2.05) is 27.0 Å². The van der Waals surface area contributed by atoms with Crippen LogP contribution in [0.15, 0.2) is 82.8 Å². The lowest BCUT2D eigenvalue weighted by Gasteiger charge is -2.19. The van der Waals surface area contributed by atoms with Crippen molar-refractivity contribution < 1.29 is 23.8 Å². The average Bonchev–Trinajstić information content (AvgIpc) is 3.36. The fraction of sp³-hybridized carbons (Fsp3) is 0.407. The molecule has 10 nitrogen and oxygen atoms in total. The van der Waals surface area contributed by atoms with Crippen molar-refractivity contribution in [1.29, 1.82) is 0 Å². The molecule has 212 valence electrons. The van der Waals surface area contributed by atoms with Gasteiger partial charge in [0.1, 0.15) is 5.83 Å². The number of methoxy groups -OCH3 is 1. The summed E-state index contributed by atoms with van der Waals surface area (Å²) in [6.45, 7) is 9.31. The fourth-order valence-corrected chi connectivity index (χ4v) is 3.62. The molecule has 0 aromatic rings. The number of carbonyl (C=O) groups is 2. The molecule has 1 atom stereocenters. The molecule has 1 heterocycles. The summed E-state index contributed by atoms with van der Waals surface area (Å²) in [7, 11) is 3.46. The van der Waals surface area contributed by atoms with Crippen molar-refractivity contribution in [3.63, 3.8) is 0 Å². The highest BCUT2D eigenvalue weighted by Crippen LogP contribution is 2.23. The number of carbonyl (C=O) groups excluding carboxylic acids is 1. The van der Waals surface area contributed by atoms with Crippen LogP contribution in [0.3, 0.4) is 0 Å². The number of halogens is 1. The number of likely N-dealkylation sites (tertiary alicyclic amines) is 1. The number of allylic oxidation sites excluding steroid dienone is 7. The normalized spacial score (nSPS) is 17.6. The number of nitrogens with one attached hydrogen (secondary N) is 2. The summed E-state index contributed by atoms with van der Waals surface area (Å²) in [5.41, 5.74) is 21.1. The second kappa shape index (κ2) is 19.3.